The number of Topliss-reactive ketones (excluding diaryl/α,β-unsaturated/α-hetero) is 1. The van der Waals surface area contributed by atoms with Crippen molar-refractivity contribution in [3.8, 4) is 5.82 Å². The van der Waals surface area contributed by atoms with Gasteiger partial charge in [0.15, 0.2) is 5.82 Å². The number of aryl methyl sites for hydroxylation is 2. The average Bonchev–Trinajstić information content (AvgIpc) is 3.25. The van der Waals surface area contributed by atoms with Gasteiger partial charge < -0.3 is 14.7 Å². The van der Waals surface area contributed by atoms with Gasteiger partial charge in [-0.25, -0.2) is 19.0 Å². The van der Waals surface area contributed by atoms with Crippen LogP contribution in [0.25, 0.3) is 16.7 Å². The highest BCUT2D eigenvalue weighted by molar-refractivity contribution is 5.82. The van der Waals surface area contributed by atoms with Crippen LogP contribution >= 0.6 is 0 Å². The maximum absolute atomic E-state index is 16.0. The van der Waals surface area contributed by atoms with Gasteiger partial charge in [-0.15, -0.1) is 0 Å². The molecule has 10 heteroatoms. The number of piperidine rings is 1. The van der Waals surface area contributed by atoms with Gasteiger partial charge >= 0.3 is 0 Å². The van der Waals surface area contributed by atoms with Gasteiger partial charge in [0.1, 0.15) is 23.1 Å². The highest BCUT2D eigenvalue weighted by Crippen LogP contribution is 2.41. The first kappa shape index (κ1) is 25.7. The third-order valence-electron chi connectivity index (χ3n) is 7.47. The van der Waals surface area contributed by atoms with Crippen molar-refractivity contribution in [2.45, 2.75) is 51.8 Å². The predicted molar refractivity (Wildman–Crippen MR) is 139 cm³/mol. The topological polar surface area (TPSA) is 96.6 Å². The lowest BCUT2D eigenvalue weighted by atomic mass is 9.77. The van der Waals surface area contributed by atoms with E-state index in [9.17, 15) is 9.90 Å². The van der Waals surface area contributed by atoms with Crippen molar-refractivity contribution in [2.75, 3.05) is 50.8 Å². The summed E-state index contributed by atoms with van der Waals surface area (Å²) in [5.74, 6) is 1.78. The number of nitrogens with zero attached hydrogens (tertiary/aromatic N) is 6. The average molecular weight is 511 g/mol. The summed E-state index contributed by atoms with van der Waals surface area (Å²) >= 11 is 0. The molecule has 1 unspecified atom stereocenters. The molecule has 2 aliphatic rings. The number of hydrogen-bond donors (Lipinski definition) is 1. The Labute approximate surface area is 216 Å². The number of ether oxygens (including phenoxy) is 1. The number of likely N-dealkylation sites (tertiary alicyclic amines) is 1. The molecule has 2 fully saturated rings. The van der Waals surface area contributed by atoms with Crippen LogP contribution in [0.15, 0.2) is 24.4 Å². The number of rotatable bonds is 6. The van der Waals surface area contributed by atoms with Gasteiger partial charge in [-0.2, -0.15) is 5.10 Å². The molecule has 0 spiro atoms. The predicted octanol–water partition coefficient (Wildman–Crippen LogP) is 2.74. The van der Waals surface area contributed by atoms with Gasteiger partial charge in [0.05, 0.1) is 37.6 Å². The lowest BCUT2D eigenvalue weighted by Gasteiger charge is -2.41. The number of alkyl halides is 1. The molecular weight excluding hydrogens is 475 g/mol. The zero-order valence-electron chi connectivity index (χ0n) is 21.9. The molecule has 0 aliphatic carbocycles. The minimum atomic E-state index is -1.46. The summed E-state index contributed by atoms with van der Waals surface area (Å²) < 4.78 is 23.4. The van der Waals surface area contributed by atoms with Gasteiger partial charge in [-0.05, 0) is 63.9 Å². The standard InChI is InChI=1S/C27H35FN6O3/c1-17-9-20-12-29-34(26-11-25(30-19(3)31-26)33-7-8-37-21(14-33)15-35)24(20)10-22(17)23-5-6-32(13-18(2)36)16-27(23,4)28/h9-12,21,23,35H,5-8,13-16H2,1-4H3/t21-,23?,27-/m1/s1. The van der Waals surface area contributed by atoms with Crippen LogP contribution in [-0.2, 0) is 9.53 Å². The summed E-state index contributed by atoms with van der Waals surface area (Å²) in [4.78, 5) is 24.9. The fourth-order valence-electron chi connectivity index (χ4n) is 5.78. The molecule has 0 bridgehead atoms. The van der Waals surface area contributed by atoms with Crippen LogP contribution in [0.4, 0.5) is 10.2 Å². The maximum Gasteiger partial charge on any atom is 0.159 e. The molecule has 37 heavy (non-hydrogen) atoms. The number of benzene rings is 1. The molecule has 9 nitrogen and oxygen atoms in total. The quantitative estimate of drug-likeness (QED) is 0.541. The summed E-state index contributed by atoms with van der Waals surface area (Å²) in [7, 11) is 0. The number of fused-ring (bicyclic) bond motifs is 1. The first-order valence-electron chi connectivity index (χ1n) is 12.9. The van der Waals surface area contributed by atoms with Crippen LogP contribution in [0.2, 0.25) is 0 Å². The van der Waals surface area contributed by atoms with Crippen molar-refractivity contribution in [3.05, 3.63) is 41.3 Å². The van der Waals surface area contributed by atoms with E-state index in [4.69, 9.17) is 4.74 Å². The number of carbonyl (C=O) groups is 1. The number of morpholine rings is 1. The number of aromatic nitrogens is 4. The lowest BCUT2D eigenvalue weighted by molar-refractivity contribution is -0.119. The van der Waals surface area contributed by atoms with Gasteiger partial charge in [0.25, 0.3) is 0 Å². The highest BCUT2D eigenvalue weighted by Gasteiger charge is 2.41. The third-order valence-corrected chi connectivity index (χ3v) is 7.47. The summed E-state index contributed by atoms with van der Waals surface area (Å²) in [5, 5.41) is 15.1. The molecule has 5 rings (SSSR count). The number of hydrogen-bond acceptors (Lipinski definition) is 8. The number of ketones is 1. The molecule has 198 valence electrons. The number of aliphatic hydroxyl groups excluding tert-OH is 1. The molecule has 0 saturated carbocycles. The molecule has 0 amide bonds. The van der Waals surface area contributed by atoms with Crippen LogP contribution in [0.3, 0.4) is 0 Å². The van der Waals surface area contributed by atoms with E-state index in [0.717, 1.165) is 27.8 Å². The fraction of sp³-hybridized carbons (Fsp3) is 0.556. The Balaban J connectivity index is 1.50. The molecule has 2 saturated heterocycles. The van der Waals surface area contributed by atoms with Crippen molar-refractivity contribution < 1.29 is 19.0 Å². The van der Waals surface area contributed by atoms with E-state index in [1.54, 1.807) is 18.5 Å². The second-order valence-electron chi connectivity index (χ2n) is 10.6. The number of anilines is 1. The largest absolute Gasteiger partial charge is 0.394 e. The summed E-state index contributed by atoms with van der Waals surface area (Å²) in [6.07, 6.45) is 2.20. The number of aliphatic hydroxyl groups is 1. The van der Waals surface area contributed by atoms with Crippen molar-refractivity contribution >= 4 is 22.5 Å². The van der Waals surface area contributed by atoms with Crippen molar-refractivity contribution in [2.24, 2.45) is 0 Å². The zero-order valence-corrected chi connectivity index (χ0v) is 21.9. The van der Waals surface area contributed by atoms with E-state index < -0.39 is 5.67 Å². The normalized spacial score (nSPS) is 25.1. The number of carbonyl (C=O) groups excluding carboxylic acids is 1. The fourth-order valence-corrected chi connectivity index (χ4v) is 5.78. The van der Waals surface area contributed by atoms with Crippen LogP contribution in [0, 0.1) is 13.8 Å². The van der Waals surface area contributed by atoms with E-state index in [2.05, 4.69) is 32.1 Å². The van der Waals surface area contributed by atoms with E-state index in [-0.39, 0.29) is 37.5 Å². The Morgan fingerprint density at radius 2 is 2.00 bits per heavy atom. The van der Waals surface area contributed by atoms with Gasteiger partial charge in [0, 0.05) is 37.0 Å². The van der Waals surface area contributed by atoms with Crippen LogP contribution in [0.1, 0.15) is 43.1 Å². The molecule has 2 aromatic heterocycles. The minimum Gasteiger partial charge on any atom is -0.394 e. The molecular formula is C27H35FN6O3. The van der Waals surface area contributed by atoms with E-state index in [0.29, 0.717) is 44.3 Å². The molecule has 1 aromatic carbocycles. The molecule has 2 aliphatic heterocycles. The minimum absolute atomic E-state index is 0.0412. The first-order chi connectivity index (χ1) is 17.6. The Morgan fingerprint density at radius 1 is 1.22 bits per heavy atom. The van der Waals surface area contributed by atoms with Gasteiger partial charge in [-0.3, -0.25) is 9.69 Å². The molecule has 3 atom stereocenters. The van der Waals surface area contributed by atoms with Gasteiger partial charge in [0.2, 0.25) is 0 Å². The van der Waals surface area contributed by atoms with Gasteiger partial charge in [-0.1, -0.05) is 0 Å². The summed E-state index contributed by atoms with van der Waals surface area (Å²) in [5.41, 5.74) is 1.40. The van der Waals surface area contributed by atoms with Crippen molar-refractivity contribution in [3.63, 3.8) is 0 Å². The van der Waals surface area contributed by atoms with Crippen molar-refractivity contribution in [1.82, 2.24) is 24.6 Å². The molecule has 3 aromatic rings. The van der Waals surface area contributed by atoms with Crippen LogP contribution < -0.4 is 4.90 Å². The molecule has 4 heterocycles. The highest BCUT2D eigenvalue weighted by atomic mass is 19.1. The van der Waals surface area contributed by atoms with Crippen LogP contribution in [-0.4, -0.2) is 93.2 Å². The SMILES string of the molecule is CC(=O)CN1CCC(c2cc3c(cnn3-c3cc(N4CCO[C@@H](CO)C4)nc(C)n3)cc2C)[C@](C)(F)C1. The maximum atomic E-state index is 16.0. The Hall–Kier alpha value is -2.95. The molecule has 1 N–H and O–H groups in total. The van der Waals surface area contributed by atoms with E-state index >= 15 is 4.39 Å². The lowest BCUT2D eigenvalue weighted by Crippen LogP contribution is -2.49. The Morgan fingerprint density at radius 3 is 2.73 bits per heavy atom. The summed E-state index contributed by atoms with van der Waals surface area (Å²) in [6.45, 7) is 9.96. The summed E-state index contributed by atoms with van der Waals surface area (Å²) in [6, 6.07) is 6.02. The smallest absolute Gasteiger partial charge is 0.159 e. The zero-order chi connectivity index (χ0) is 26.3. The Bertz CT molecular complexity index is 1310. The Kier molecular flexibility index (Phi) is 6.99. The second-order valence-corrected chi connectivity index (χ2v) is 10.6. The van der Waals surface area contributed by atoms with Crippen molar-refractivity contribution in [1.29, 1.82) is 0 Å². The first-order valence-corrected chi connectivity index (χ1v) is 12.9. The third kappa shape index (κ3) is 5.23. The van der Waals surface area contributed by atoms with E-state index in [1.807, 2.05) is 31.0 Å². The molecule has 0 radical (unpaired) electrons. The number of halogens is 1. The second kappa shape index (κ2) is 10.1. The van der Waals surface area contributed by atoms with E-state index in [1.165, 1.54) is 0 Å². The monoisotopic (exact) mass is 510 g/mol. The van der Waals surface area contributed by atoms with Crippen LogP contribution in [0.5, 0.6) is 0 Å².